The summed E-state index contributed by atoms with van der Waals surface area (Å²) in [7, 11) is 0. The first-order chi connectivity index (χ1) is 16.3. The quantitative estimate of drug-likeness (QED) is 0.336. The number of hydrogen-bond acceptors (Lipinski definition) is 10. The maximum absolute atomic E-state index is 12.5. The first-order valence-electron chi connectivity index (χ1n) is 11.7. The predicted octanol–water partition coefficient (Wildman–Crippen LogP) is 3.85. The maximum Gasteiger partial charge on any atom is 0.509 e. The van der Waals surface area contributed by atoms with E-state index >= 15 is 0 Å². The van der Waals surface area contributed by atoms with E-state index < -0.39 is 47.9 Å². The second-order valence-electron chi connectivity index (χ2n) is 8.68. The van der Waals surface area contributed by atoms with E-state index in [9.17, 15) is 19.2 Å². The largest absolute Gasteiger partial charge is 0.509 e. The Hall–Kier alpha value is -3.14. The molecule has 3 atom stereocenters. The fourth-order valence-corrected chi connectivity index (χ4v) is 2.51. The Kier molecular flexibility index (Phi) is 11.7. The number of rotatable bonds is 12. The summed E-state index contributed by atoms with van der Waals surface area (Å²) >= 11 is 0. The van der Waals surface area contributed by atoms with Crippen molar-refractivity contribution in [1.82, 2.24) is 0 Å². The summed E-state index contributed by atoms with van der Waals surface area (Å²) in [6, 6.07) is 3.52. The van der Waals surface area contributed by atoms with Gasteiger partial charge >= 0.3 is 24.1 Å². The summed E-state index contributed by atoms with van der Waals surface area (Å²) < 4.78 is 26.3. The molecular weight excluding hydrogens is 458 g/mol. The first-order valence-corrected chi connectivity index (χ1v) is 11.7. The van der Waals surface area contributed by atoms with Gasteiger partial charge in [-0.05, 0) is 58.2 Å². The van der Waals surface area contributed by atoms with Crippen LogP contribution < -0.4 is 15.2 Å². The molecule has 35 heavy (non-hydrogen) atoms. The lowest BCUT2D eigenvalue weighted by Gasteiger charge is -2.26. The van der Waals surface area contributed by atoms with Crippen LogP contribution >= 0.6 is 0 Å². The number of benzene rings is 1. The van der Waals surface area contributed by atoms with E-state index in [4.69, 9.17) is 29.4 Å². The van der Waals surface area contributed by atoms with Crippen molar-refractivity contribution < 1.29 is 42.9 Å². The lowest BCUT2D eigenvalue weighted by molar-refractivity contribution is -0.156. The van der Waals surface area contributed by atoms with E-state index in [1.54, 1.807) is 47.6 Å². The topological polar surface area (TPSA) is 140 Å². The second kappa shape index (κ2) is 13.7. The van der Waals surface area contributed by atoms with Gasteiger partial charge in [-0.1, -0.05) is 26.8 Å². The monoisotopic (exact) mass is 495 g/mol. The number of nitrogens with two attached hydrogens (primary N) is 1. The van der Waals surface area contributed by atoms with Crippen LogP contribution in [0, 0.1) is 0 Å². The van der Waals surface area contributed by atoms with Gasteiger partial charge < -0.3 is 29.4 Å². The molecule has 1 aromatic carbocycles. The van der Waals surface area contributed by atoms with Gasteiger partial charge in [0, 0.05) is 12.8 Å². The summed E-state index contributed by atoms with van der Waals surface area (Å²) in [5, 5.41) is 0. The van der Waals surface area contributed by atoms with Crippen molar-refractivity contribution in [3.8, 4) is 11.5 Å². The van der Waals surface area contributed by atoms with E-state index in [0.717, 1.165) is 0 Å². The normalized spacial score (nSPS) is 13.7. The minimum absolute atomic E-state index is 0.0561. The van der Waals surface area contributed by atoms with E-state index in [2.05, 4.69) is 0 Å². The van der Waals surface area contributed by atoms with Crippen LogP contribution in [0.15, 0.2) is 18.2 Å². The molecular formula is C25H37NO9. The van der Waals surface area contributed by atoms with Crippen LogP contribution in [0.1, 0.15) is 73.3 Å². The standard InChI is InChI=1S/C25H37NO9/c1-8-21(27)33-19-12-11-17(14-20(19)34-22(28)9-2)13-18(26)23(29)31-15(4)16(5)32-24(30)35-25(6,7)10-3/h11-12,14-16,18H,8-10,13,26H2,1-7H3/t15-,16?,18-/m0/s1. The summed E-state index contributed by atoms with van der Waals surface area (Å²) in [5.41, 5.74) is 5.91. The Bertz CT molecular complexity index is 897. The van der Waals surface area contributed by atoms with Crippen LogP contribution in [0.3, 0.4) is 0 Å². The van der Waals surface area contributed by atoms with E-state index in [-0.39, 0.29) is 30.8 Å². The van der Waals surface area contributed by atoms with Crippen molar-refractivity contribution in [2.24, 2.45) is 5.73 Å². The Morgan fingerprint density at radius 3 is 1.97 bits per heavy atom. The average Bonchev–Trinajstić information content (AvgIpc) is 2.79. The fourth-order valence-electron chi connectivity index (χ4n) is 2.51. The highest BCUT2D eigenvalue weighted by Gasteiger charge is 2.28. The minimum atomic E-state index is -1.05. The second-order valence-corrected chi connectivity index (χ2v) is 8.68. The van der Waals surface area contributed by atoms with Gasteiger partial charge in [-0.2, -0.15) is 0 Å². The number of carbonyl (C=O) groups excluding carboxylic acids is 4. The molecule has 0 saturated heterocycles. The highest BCUT2D eigenvalue weighted by molar-refractivity contribution is 5.77. The van der Waals surface area contributed by atoms with E-state index in [0.29, 0.717) is 12.0 Å². The molecule has 0 radical (unpaired) electrons. The number of esters is 3. The zero-order valence-electron chi connectivity index (χ0n) is 21.5. The molecule has 1 aromatic rings. The third kappa shape index (κ3) is 10.3. The zero-order chi connectivity index (χ0) is 26.8. The Labute approximate surface area is 206 Å². The van der Waals surface area contributed by atoms with Gasteiger partial charge in [0.05, 0.1) is 0 Å². The lowest BCUT2D eigenvalue weighted by Crippen LogP contribution is -2.40. The third-order valence-corrected chi connectivity index (χ3v) is 5.25. The molecule has 0 aliphatic rings. The Morgan fingerprint density at radius 2 is 1.43 bits per heavy atom. The highest BCUT2D eigenvalue weighted by atomic mass is 16.7. The average molecular weight is 496 g/mol. The molecule has 0 saturated carbocycles. The highest BCUT2D eigenvalue weighted by Crippen LogP contribution is 2.30. The molecule has 0 spiro atoms. The van der Waals surface area contributed by atoms with Crippen molar-refractivity contribution >= 4 is 24.1 Å². The van der Waals surface area contributed by atoms with Gasteiger partial charge in [-0.15, -0.1) is 0 Å². The maximum atomic E-state index is 12.5. The van der Waals surface area contributed by atoms with Gasteiger partial charge in [0.15, 0.2) is 11.5 Å². The van der Waals surface area contributed by atoms with Crippen molar-refractivity contribution in [3.63, 3.8) is 0 Å². The minimum Gasteiger partial charge on any atom is -0.458 e. The number of carbonyl (C=O) groups is 4. The third-order valence-electron chi connectivity index (χ3n) is 5.25. The molecule has 0 aliphatic carbocycles. The number of ether oxygens (including phenoxy) is 5. The summed E-state index contributed by atoms with van der Waals surface area (Å²) in [5.74, 6) is -1.55. The molecule has 10 heteroatoms. The van der Waals surface area contributed by atoms with Crippen molar-refractivity contribution in [2.45, 2.75) is 98.0 Å². The Morgan fingerprint density at radius 1 is 0.886 bits per heavy atom. The molecule has 0 fully saturated rings. The first kappa shape index (κ1) is 29.9. The van der Waals surface area contributed by atoms with Crippen molar-refractivity contribution in [3.05, 3.63) is 23.8 Å². The van der Waals surface area contributed by atoms with Gasteiger partial charge in [0.2, 0.25) is 0 Å². The molecule has 0 amide bonds. The molecule has 0 aromatic heterocycles. The van der Waals surface area contributed by atoms with Gasteiger partial charge in [-0.3, -0.25) is 14.4 Å². The van der Waals surface area contributed by atoms with Crippen LogP contribution in [0.4, 0.5) is 4.79 Å². The van der Waals surface area contributed by atoms with Crippen LogP contribution in [0.5, 0.6) is 11.5 Å². The summed E-state index contributed by atoms with van der Waals surface area (Å²) in [6.45, 7) is 11.8. The molecule has 2 N–H and O–H groups in total. The SMILES string of the molecule is CCC(=O)Oc1ccc(C[C@H](N)C(=O)O[C@@H](C)C(C)OC(=O)OC(C)(C)CC)cc1OC(=O)CC. The summed E-state index contributed by atoms with van der Waals surface area (Å²) in [6.07, 6.45) is -1.45. The van der Waals surface area contributed by atoms with Crippen LogP contribution in [-0.4, -0.2) is 47.9 Å². The lowest BCUT2D eigenvalue weighted by atomic mass is 10.1. The fraction of sp³-hybridized carbons (Fsp3) is 0.600. The van der Waals surface area contributed by atoms with E-state index in [1.807, 2.05) is 6.92 Å². The number of hydrogen-bond donors (Lipinski definition) is 1. The molecule has 10 nitrogen and oxygen atoms in total. The van der Waals surface area contributed by atoms with Crippen molar-refractivity contribution in [2.75, 3.05) is 0 Å². The molecule has 0 heterocycles. The smallest absolute Gasteiger partial charge is 0.458 e. The predicted molar refractivity (Wildman–Crippen MR) is 127 cm³/mol. The zero-order valence-corrected chi connectivity index (χ0v) is 21.5. The molecule has 1 rings (SSSR count). The van der Waals surface area contributed by atoms with Gasteiger partial charge in [0.25, 0.3) is 0 Å². The van der Waals surface area contributed by atoms with E-state index in [1.165, 1.54) is 12.1 Å². The molecule has 1 unspecified atom stereocenters. The molecule has 0 bridgehead atoms. The van der Waals surface area contributed by atoms with Gasteiger partial charge in [-0.25, -0.2) is 4.79 Å². The molecule has 196 valence electrons. The Balaban J connectivity index is 2.80. The van der Waals surface area contributed by atoms with Gasteiger partial charge in [0.1, 0.15) is 23.9 Å². The van der Waals surface area contributed by atoms with Crippen molar-refractivity contribution in [1.29, 1.82) is 0 Å². The summed E-state index contributed by atoms with van der Waals surface area (Å²) in [4.78, 5) is 47.9. The van der Waals surface area contributed by atoms with Crippen LogP contribution in [0.2, 0.25) is 0 Å². The van der Waals surface area contributed by atoms with Crippen LogP contribution in [0.25, 0.3) is 0 Å². The van der Waals surface area contributed by atoms with Crippen LogP contribution in [-0.2, 0) is 35.0 Å². The molecule has 0 aliphatic heterocycles.